The second-order valence-corrected chi connectivity index (χ2v) is 9.88. The molecule has 1 atom stereocenters. The SMILES string of the molecule is Cc1nc(NS(=O)(=O)CC2CCCO2)sc1S(=O)(=O)Cl. The lowest BCUT2D eigenvalue weighted by Crippen LogP contribution is -2.25. The molecule has 1 aromatic rings. The second kappa shape index (κ2) is 5.76. The molecule has 1 unspecified atom stereocenters. The van der Waals surface area contributed by atoms with Gasteiger partial charge in [0.25, 0.3) is 9.05 Å². The van der Waals surface area contributed by atoms with Crippen LogP contribution in [0.15, 0.2) is 4.21 Å². The average Bonchev–Trinajstić information content (AvgIpc) is 2.85. The zero-order chi connectivity index (χ0) is 15.0. The Balaban J connectivity index is 2.13. The van der Waals surface area contributed by atoms with Gasteiger partial charge in [-0.2, -0.15) is 0 Å². The number of anilines is 1. The smallest absolute Gasteiger partial charge is 0.272 e. The van der Waals surface area contributed by atoms with Crippen LogP contribution in [0.25, 0.3) is 0 Å². The van der Waals surface area contributed by atoms with Crippen molar-refractivity contribution in [2.75, 3.05) is 17.1 Å². The van der Waals surface area contributed by atoms with Crippen LogP contribution in [0, 0.1) is 6.92 Å². The van der Waals surface area contributed by atoms with Gasteiger partial charge in [0.1, 0.15) is 0 Å². The lowest BCUT2D eigenvalue weighted by Gasteiger charge is -2.10. The maximum absolute atomic E-state index is 11.9. The van der Waals surface area contributed by atoms with E-state index in [0.717, 1.165) is 6.42 Å². The summed E-state index contributed by atoms with van der Waals surface area (Å²) in [6.07, 6.45) is 1.20. The highest BCUT2D eigenvalue weighted by molar-refractivity contribution is 8.15. The van der Waals surface area contributed by atoms with Crippen molar-refractivity contribution in [2.24, 2.45) is 0 Å². The largest absolute Gasteiger partial charge is 0.377 e. The van der Waals surface area contributed by atoms with Crippen molar-refractivity contribution < 1.29 is 21.6 Å². The standard InChI is InChI=1S/C9H13ClN2O5S3/c1-6-8(20(10,15)16)18-9(11-6)12-19(13,14)5-7-3-2-4-17-7/h7H,2-5H2,1H3,(H,11,12). The van der Waals surface area contributed by atoms with Crippen molar-refractivity contribution in [3.8, 4) is 0 Å². The minimum atomic E-state index is -3.92. The first-order valence-electron chi connectivity index (χ1n) is 5.71. The number of thiazole rings is 1. The van der Waals surface area contributed by atoms with E-state index < -0.39 is 19.1 Å². The van der Waals surface area contributed by atoms with Crippen molar-refractivity contribution in [2.45, 2.75) is 30.1 Å². The summed E-state index contributed by atoms with van der Waals surface area (Å²) >= 11 is 0.689. The number of hydrogen-bond donors (Lipinski definition) is 1. The van der Waals surface area contributed by atoms with Gasteiger partial charge in [0.15, 0.2) is 9.34 Å². The topological polar surface area (TPSA) is 102 Å². The third-order valence-electron chi connectivity index (χ3n) is 2.65. The predicted molar refractivity (Wildman–Crippen MR) is 76.3 cm³/mol. The maximum atomic E-state index is 11.9. The van der Waals surface area contributed by atoms with Crippen molar-refractivity contribution in [1.29, 1.82) is 0 Å². The fourth-order valence-electron chi connectivity index (χ4n) is 1.85. The number of halogens is 1. The number of aromatic nitrogens is 1. The molecule has 0 amide bonds. The molecule has 1 aliphatic rings. The molecule has 2 heterocycles. The monoisotopic (exact) mass is 360 g/mol. The summed E-state index contributed by atoms with van der Waals surface area (Å²) in [5.74, 6) is -0.172. The quantitative estimate of drug-likeness (QED) is 0.794. The number of ether oxygens (including phenoxy) is 1. The average molecular weight is 361 g/mol. The van der Waals surface area contributed by atoms with E-state index in [-0.39, 0.29) is 26.9 Å². The van der Waals surface area contributed by atoms with Crippen LogP contribution in [0.1, 0.15) is 18.5 Å². The van der Waals surface area contributed by atoms with Gasteiger partial charge >= 0.3 is 0 Å². The summed E-state index contributed by atoms with van der Waals surface area (Å²) in [6.45, 7) is 2.01. The Morgan fingerprint density at radius 1 is 1.45 bits per heavy atom. The van der Waals surface area contributed by atoms with E-state index in [9.17, 15) is 16.8 Å². The molecule has 0 aromatic carbocycles. The minimum Gasteiger partial charge on any atom is -0.377 e. The van der Waals surface area contributed by atoms with E-state index in [4.69, 9.17) is 15.4 Å². The van der Waals surface area contributed by atoms with Crippen LogP contribution in [-0.4, -0.2) is 40.3 Å². The first-order chi connectivity index (χ1) is 9.17. The Kier molecular flexibility index (Phi) is 4.59. The third kappa shape index (κ3) is 4.04. The van der Waals surface area contributed by atoms with Crippen molar-refractivity contribution >= 4 is 46.2 Å². The first-order valence-corrected chi connectivity index (χ1v) is 10.5. The zero-order valence-electron chi connectivity index (χ0n) is 10.5. The highest BCUT2D eigenvalue weighted by Gasteiger charge is 2.26. The van der Waals surface area contributed by atoms with Gasteiger partial charge in [-0.3, -0.25) is 4.72 Å². The molecule has 1 aromatic heterocycles. The molecule has 1 saturated heterocycles. The maximum Gasteiger partial charge on any atom is 0.272 e. The van der Waals surface area contributed by atoms with E-state index in [1.807, 2.05) is 0 Å². The zero-order valence-corrected chi connectivity index (χ0v) is 13.7. The molecular weight excluding hydrogens is 348 g/mol. The molecule has 20 heavy (non-hydrogen) atoms. The van der Waals surface area contributed by atoms with Crippen molar-refractivity contribution in [3.05, 3.63) is 5.69 Å². The fourth-order valence-corrected chi connectivity index (χ4v) is 5.75. The van der Waals surface area contributed by atoms with E-state index in [0.29, 0.717) is 24.4 Å². The van der Waals surface area contributed by atoms with Crippen LogP contribution < -0.4 is 4.72 Å². The van der Waals surface area contributed by atoms with Crippen LogP contribution >= 0.6 is 22.0 Å². The number of nitrogens with zero attached hydrogens (tertiary/aromatic N) is 1. The normalized spacial score (nSPS) is 20.2. The van der Waals surface area contributed by atoms with Gasteiger partial charge in [-0.15, -0.1) is 0 Å². The van der Waals surface area contributed by atoms with Gasteiger partial charge < -0.3 is 4.74 Å². The number of aryl methyl sites for hydroxylation is 1. The third-order valence-corrected chi connectivity index (χ3v) is 7.34. The molecule has 114 valence electrons. The van der Waals surface area contributed by atoms with Gasteiger partial charge in [-0.25, -0.2) is 21.8 Å². The van der Waals surface area contributed by atoms with E-state index in [1.54, 1.807) is 0 Å². The van der Waals surface area contributed by atoms with Crippen LogP contribution in [0.4, 0.5) is 5.13 Å². The van der Waals surface area contributed by atoms with Crippen LogP contribution in [0.3, 0.4) is 0 Å². The number of sulfonamides is 1. The lowest BCUT2D eigenvalue weighted by molar-refractivity contribution is 0.127. The van der Waals surface area contributed by atoms with E-state index >= 15 is 0 Å². The lowest BCUT2D eigenvalue weighted by atomic mass is 10.3. The van der Waals surface area contributed by atoms with Crippen LogP contribution in [-0.2, 0) is 23.8 Å². The molecule has 0 radical (unpaired) electrons. The van der Waals surface area contributed by atoms with Gasteiger partial charge in [0, 0.05) is 17.3 Å². The van der Waals surface area contributed by atoms with Gasteiger partial charge in [-0.1, -0.05) is 11.3 Å². The van der Waals surface area contributed by atoms with Crippen LogP contribution in [0.2, 0.25) is 0 Å². The minimum absolute atomic E-state index is 0.0141. The molecule has 0 bridgehead atoms. The Bertz CT molecular complexity index is 691. The second-order valence-electron chi connectivity index (χ2n) is 4.35. The molecule has 1 N–H and O–H groups in total. The Morgan fingerprint density at radius 2 is 2.15 bits per heavy atom. The highest BCUT2D eigenvalue weighted by atomic mass is 35.7. The molecule has 0 saturated carbocycles. The summed E-state index contributed by atoms with van der Waals surface area (Å²) in [6, 6.07) is 0. The van der Waals surface area contributed by atoms with Gasteiger partial charge in [-0.05, 0) is 19.8 Å². The van der Waals surface area contributed by atoms with Crippen molar-refractivity contribution in [3.63, 3.8) is 0 Å². The Morgan fingerprint density at radius 3 is 2.65 bits per heavy atom. The van der Waals surface area contributed by atoms with Crippen molar-refractivity contribution in [1.82, 2.24) is 4.98 Å². The molecule has 2 rings (SSSR count). The molecule has 1 aliphatic heterocycles. The van der Waals surface area contributed by atoms with Gasteiger partial charge in [0.05, 0.1) is 17.6 Å². The molecule has 11 heteroatoms. The fraction of sp³-hybridized carbons (Fsp3) is 0.667. The summed E-state index contributed by atoms with van der Waals surface area (Å²) in [4.78, 5) is 3.86. The summed E-state index contributed by atoms with van der Waals surface area (Å²) in [5.41, 5.74) is 0.166. The van der Waals surface area contributed by atoms with Gasteiger partial charge in [0.2, 0.25) is 10.0 Å². The first kappa shape index (κ1) is 16.0. The summed E-state index contributed by atoms with van der Waals surface area (Å²) in [7, 11) is -2.32. The molecule has 1 fully saturated rings. The Hall–Kier alpha value is -0.420. The molecule has 7 nitrogen and oxygen atoms in total. The predicted octanol–water partition coefficient (Wildman–Crippen LogP) is 1.30. The van der Waals surface area contributed by atoms with E-state index in [1.165, 1.54) is 6.92 Å². The number of rotatable bonds is 5. The number of nitrogens with one attached hydrogen (secondary N) is 1. The molecular formula is C9H13ClN2O5S3. The van der Waals surface area contributed by atoms with Crippen LogP contribution in [0.5, 0.6) is 0 Å². The summed E-state index contributed by atoms with van der Waals surface area (Å²) < 4.78 is 53.7. The molecule has 0 aliphatic carbocycles. The highest BCUT2D eigenvalue weighted by Crippen LogP contribution is 2.30. The summed E-state index contributed by atoms with van der Waals surface area (Å²) in [5, 5.41) is -0.0141. The molecule has 0 spiro atoms. The van der Waals surface area contributed by atoms with E-state index in [2.05, 4.69) is 9.71 Å². The Labute approximate surface area is 125 Å². The number of hydrogen-bond acceptors (Lipinski definition) is 7.